The Morgan fingerprint density at radius 1 is 1.73 bits per heavy atom. The highest BCUT2D eigenvalue weighted by molar-refractivity contribution is 5.79. The minimum atomic E-state index is 0.182. The van der Waals surface area contributed by atoms with Gasteiger partial charge in [-0.3, -0.25) is 4.79 Å². The van der Waals surface area contributed by atoms with Gasteiger partial charge in [0.25, 0.3) is 0 Å². The van der Waals surface area contributed by atoms with Crippen LogP contribution in [-0.2, 0) is 4.79 Å². The largest absolute Gasteiger partial charge is 0.359 e. The normalized spacial score (nSPS) is 30.4. The molecule has 0 saturated carbocycles. The molecule has 1 aliphatic heterocycles. The summed E-state index contributed by atoms with van der Waals surface area (Å²) in [6.07, 6.45) is 2.02. The number of nitrogens with one attached hydrogen (secondary N) is 2. The summed E-state index contributed by atoms with van der Waals surface area (Å²) in [5.41, 5.74) is 0. The third-order valence-corrected chi connectivity index (χ3v) is 2.37. The van der Waals surface area contributed by atoms with E-state index < -0.39 is 0 Å². The molecule has 0 aromatic rings. The van der Waals surface area contributed by atoms with Gasteiger partial charge in [0.2, 0.25) is 5.91 Å². The fraction of sp³-hybridized carbons (Fsp3) is 0.875. The molecule has 0 aliphatic carbocycles. The second-order valence-electron chi connectivity index (χ2n) is 2.98. The highest BCUT2D eigenvalue weighted by Gasteiger charge is 2.30. The monoisotopic (exact) mass is 156 g/mol. The molecule has 3 heteroatoms. The van der Waals surface area contributed by atoms with Gasteiger partial charge in [0, 0.05) is 13.1 Å². The van der Waals surface area contributed by atoms with Crippen molar-refractivity contribution in [3.05, 3.63) is 0 Å². The van der Waals surface area contributed by atoms with E-state index in [1.807, 2.05) is 0 Å². The second kappa shape index (κ2) is 3.72. The predicted octanol–water partition coefficient (Wildman–Crippen LogP) is 0.120. The van der Waals surface area contributed by atoms with Crippen molar-refractivity contribution in [1.82, 2.24) is 10.6 Å². The Labute approximate surface area is 67.5 Å². The van der Waals surface area contributed by atoms with Crippen molar-refractivity contribution in [3.8, 4) is 0 Å². The van der Waals surface area contributed by atoms with Gasteiger partial charge in [-0.1, -0.05) is 6.92 Å². The van der Waals surface area contributed by atoms with Gasteiger partial charge in [0.15, 0.2) is 0 Å². The van der Waals surface area contributed by atoms with Crippen molar-refractivity contribution in [2.45, 2.75) is 25.8 Å². The van der Waals surface area contributed by atoms with E-state index in [4.69, 9.17) is 0 Å². The minimum absolute atomic E-state index is 0.182. The molecule has 3 nitrogen and oxygen atoms in total. The van der Waals surface area contributed by atoms with Crippen LogP contribution in [0.3, 0.4) is 0 Å². The van der Waals surface area contributed by atoms with Gasteiger partial charge in [-0.2, -0.15) is 0 Å². The Bertz CT molecular complexity index is 147. The molecule has 0 bridgehead atoms. The van der Waals surface area contributed by atoms with Crippen molar-refractivity contribution in [1.29, 1.82) is 0 Å². The average molecular weight is 156 g/mol. The summed E-state index contributed by atoms with van der Waals surface area (Å²) >= 11 is 0. The first-order valence-electron chi connectivity index (χ1n) is 4.24. The lowest BCUT2D eigenvalue weighted by molar-refractivity contribution is -0.124. The van der Waals surface area contributed by atoms with E-state index in [1.165, 1.54) is 0 Å². The number of hydrogen-bond donors (Lipinski definition) is 2. The zero-order chi connectivity index (χ0) is 8.27. The molecule has 0 radical (unpaired) electrons. The Morgan fingerprint density at radius 2 is 2.45 bits per heavy atom. The molecule has 1 aliphatic rings. The molecule has 11 heavy (non-hydrogen) atoms. The molecule has 0 spiro atoms. The number of carbonyl (C=O) groups is 1. The maximum atomic E-state index is 11.2. The molecule has 1 saturated heterocycles. The zero-order valence-electron chi connectivity index (χ0n) is 7.18. The van der Waals surface area contributed by atoms with Crippen LogP contribution in [0.5, 0.6) is 0 Å². The van der Waals surface area contributed by atoms with Crippen LogP contribution in [-0.4, -0.2) is 25.5 Å². The number of rotatable bonds is 2. The second-order valence-corrected chi connectivity index (χ2v) is 2.98. The maximum Gasteiger partial charge on any atom is 0.224 e. The van der Waals surface area contributed by atoms with Crippen LogP contribution in [0, 0.1) is 5.92 Å². The van der Waals surface area contributed by atoms with Crippen LogP contribution in [0.15, 0.2) is 0 Å². The summed E-state index contributed by atoms with van der Waals surface area (Å²) in [6.45, 7) is 3.09. The van der Waals surface area contributed by atoms with Crippen LogP contribution in [0.1, 0.15) is 19.8 Å². The fourth-order valence-corrected chi connectivity index (χ4v) is 1.70. The molecule has 0 aromatic carbocycles. The summed E-state index contributed by atoms with van der Waals surface area (Å²) in [6, 6.07) is 0.398. The lowest BCUT2D eigenvalue weighted by Crippen LogP contribution is -2.36. The van der Waals surface area contributed by atoms with Gasteiger partial charge >= 0.3 is 0 Å². The lowest BCUT2D eigenvalue weighted by Gasteiger charge is -2.15. The molecule has 1 amide bonds. The number of amides is 1. The van der Waals surface area contributed by atoms with E-state index in [0.717, 1.165) is 19.4 Å². The van der Waals surface area contributed by atoms with Crippen molar-refractivity contribution < 1.29 is 4.79 Å². The molecular weight excluding hydrogens is 140 g/mol. The maximum absolute atomic E-state index is 11.2. The molecule has 0 aromatic heterocycles. The van der Waals surface area contributed by atoms with Crippen LogP contribution >= 0.6 is 0 Å². The third-order valence-electron chi connectivity index (χ3n) is 2.37. The van der Waals surface area contributed by atoms with Crippen LogP contribution < -0.4 is 10.6 Å². The van der Waals surface area contributed by atoms with Gasteiger partial charge in [0.1, 0.15) is 0 Å². The Kier molecular flexibility index (Phi) is 2.88. The quantitative estimate of drug-likeness (QED) is 0.596. The van der Waals surface area contributed by atoms with E-state index in [2.05, 4.69) is 17.6 Å². The van der Waals surface area contributed by atoms with Gasteiger partial charge < -0.3 is 10.6 Å². The minimum Gasteiger partial charge on any atom is -0.359 e. The molecular formula is C8H16N2O. The van der Waals surface area contributed by atoms with Gasteiger partial charge in [-0.05, 0) is 19.4 Å². The summed E-state index contributed by atoms with van der Waals surface area (Å²) in [5, 5.41) is 6.00. The Hall–Kier alpha value is -0.570. The molecule has 1 fully saturated rings. The van der Waals surface area contributed by atoms with E-state index in [9.17, 15) is 4.79 Å². The molecule has 1 heterocycles. The highest BCUT2D eigenvalue weighted by Crippen LogP contribution is 2.17. The van der Waals surface area contributed by atoms with Crippen molar-refractivity contribution in [2.75, 3.05) is 13.6 Å². The van der Waals surface area contributed by atoms with E-state index in [0.29, 0.717) is 6.04 Å². The SMILES string of the molecule is CCC1NCCC1C(=O)NC. The number of carbonyl (C=O) groups excluding carboxylic acids is 1. The van der Waals surface area contributed by atoms with Crippen molar-refractivity contribution in [3.63, 3.8) is 0 Å². The molecule has 1 rings (SSSR count). The Balaban J connectivity index is 2.49. The molecule has 2 atom stereocenters. The van der Waals surface area contributed by atoms with Gasteiger partial charge in [-0.25, -0.2) is 0 Å². The van der Waals surface area contributed by atoms with E-state index in [1.54, 1.807) is 7.05 Å². The first kappa shape index (κ1) is 8.53. The third kappa shape index (κ3) is 1.71. The summed E-state index contributed by atoms with van der Waals surface area (Å²) in [5.74, 6) is 0.381. The van der Waals surface area contributed by atoms with Gasteiger partial charge in [0.05, 0.1) is 5.92 Å². The highest BCUT2D eigenvalue weighted by atomic mass is 16.1. The summed E-state index contributed by atoms with van der Waals surface area (Å²) < 4.78 is 0. The van der Waals surface area contributed by atoms with Crippen LogP contribution in [0.2, 0.25) is 0 Å². The zero-order valence-corrected chi connectivity index (χ0v) is 7.18. The predicted molar refractivity (Wildman–Crippen MR) is 44.3 cm³/mol. The van der Waals surface area contributed by atoms with Gasteiger partial charge in [-0.15, -0.1) is 0 Å². The molecule has 2 unspecified atom stereocenters. The van der Waals surface area contributed by atoms with Crippen LogP contribution in [0.4, 0.5) is 0 Å². The van der Waals surface area contributed by atoms with E-state index in [-0.39, 0.29) is 11.8 Å². The standard InChI is InChI=1S/C8H16N2O/c1-3-7-6(4-5-10-7)8(11)9-2/h6-7,10H,3-5H2,1-2H3,(H,9,11). The van der Waals surface area contributed by atoms with E-state index >= 15 is 0 Å². The summed E-state index contributed by atoms with van der Waals surface area (Å²) in [4.78, 5) is 11.2. The number of hydrogen-bond acceptors (Lipinski definition) is 2. The van der Waals surface area contributed by atoms with Crippen LogP contribution in [0.25, 0.3) is 0 Å². The Morgan fingerprint density at radius 3 is 3.00 bits per heavy atom. The molecule has 2 N–H and O–H groups in total. The van der Waals surface area contributed by atoms with Crippen molar-refractivity contribution >= 4 is 5.91 Å². The average Bonchev–Trinajstić information content (AvgIpc) is 2.50. The lowest BCUT2D eigenvalue weighted by atomic mass is 9.98. The fourth-order valence-electron chi connectivity index (χ4n) is 1.70. The first-order valence-corrected chi connectivity index (χ1v) is 4.24. The van der Waals surface area contributed by atoms with Crippen molar-refractivity contribution in [2.24, 2.45) is 5.92 Å². The topological polar surface area (TPSA) is 41.1 Å². The first-order chi connectivity index (χ1) is 5.29. The smallest absolute Gasteiger partial charge is 0.224 e. The summed E-state index contributed by atoms with van der Waals surface area (Å²) in [7, 11) is 1.70. The molecule has 64 valence electrons.